The molecule has 0 fully saturated rings. The number of benzene rings is 1. The molecule has 0 atom stereocenters. The van der Waals surface area contributed by atoms with Crippen molar-refractivity contribution in [2.45, 2.75) is 31.6 Å². The van der Waals surface area contributed by atoms with Crippen molar-refractivity contribution in [1.82, 2.24) is 4.90 Å². The van der Waals surface area contributed by atoms with Crippen molar-refractivity contribution >= 4 is 15.7 Å². The molecule has 1 aromatic carbocycles. The number of amides is 1. The number of rotatable bonds is 5. The standard InChI is InChI=1S/C14H21NO3S/c1-11-7-8-13(10-12(11)2)19(17,18)9-5-6-14(16)15(3)4/h7-8,10H,5-6,9H2,1-4H3. The van der Waals surface area contributed by atoms with Gasteiger partial charge in [-0.1, -0.05) is 6.07 Å². The number of nitrogens with zero attached hydrogens (tertiary/aromatic N) is 1. The molecule has 0 saturated heterocycles. The summed E-state index contributed by atoms with van der Waals surface area (Å²) < 4.78 is 24.2. The summed E-state index contributed by atoms with van der Waals surface area (Å²) in [4.78, 5) is 13.2. The second-order valence-electron chi connectivity index (χ2n) is 4.96. The summed E-state index contributed by atoms with van der Waals surface area (Å²) in [6.07, 6.45) is 0.614. The van der Waals surface area contributed by atoms with Gasteiger partial charge in [0, 0.05) is 20.5 Å². The van der Waals surface area contributed by atoms with Gasteiger partial charge in [0.05, 0.1) is 10.6 Å². The minimum absolute atomic E-state index is 0.00901. The van der Waals surface area contributed by atoms with Crippen LogP contribution in [0.3, 0.4) is 0 Å². The lowest BCUT2D eigenvalue weighted by molar-refractivity contribution is -0.128. The van der Waals surface area contributed by atoms with Gasteiger partial charge < -0.3 is 4.90 Å². The van der Waals surface area contributed by atoms with E-state index in [0.717, 1.165) is 11.1 Å². The summed E-state index contributed by atoms with van der Waals surface area (Å²) in [5.74, 6) is -0.0370. The Morgan fingerprint density at radius 3 is 2.32 bits per heavy atom. The zero-order valence-corrected chi connectivity index (χ0v) is 12.8. The van der Waals surface area contributed by atoms with Gasteiger partial charge in [-0.05, 0) is 43.5 Å². The monoisotopic (exact) mass is 283 g/mol. The molecular formula is C14H21NO3S. The molecule has 4 nitrogen and oxygen atoms in total. The highest BCUT2D eigenvalue weighted by molar-refractivity contribution is 7.91. The molecule has 19 heavy (non-hydrogen) atoms. The molecule has 0 radical (unpaired) electrons. The normalized spacial score (nSPS) is 11.4. The molecule has 0 N–H and O–H groups in total. The summed E-state index contributed by atoms with van der Waals surface area (Å²) in [5, 5.41) is 0. The van der Waals surface area contributed by atoms with Crippen molar-refractivity contribution in [3.63, 3.8) is 0 Å². The van der Waals surface area contributed by atoms with Crippen molar-refractivity contribution in [1.29, 1.82) is 0 Å². The van der Waals surface area contributed by atoms with Gasteiger partial charge >= 0.3 is 0 Å². The van der Waals surface area contributed by atoms with E-state index in [2.05, 4.69) is 0 Å². The minimum atomic E-state index is -3.29. The van der Waals surface area contributed by atoms with Crippen LogP contribution in [0, 0.1) is 13.8 Å². The predicted octanol–water partition coefficient (Wildman–Crippen LogP) is 1.95. The highest BCUT2D eigenvalue weighted by Gasteiger charge is 2.16. The first-order valence-electron chi connectivity index (χ1n) is 6.24. The lowest BCUT2D eigenvalue weighted by Crippen LogP contribution is -2.22. The van der Waals surface area contributed by atoms with Crippen molar-refractivity contribution in [2.75, 3.05) is 19.8 Å². The van der Waals surface area contributed by atoms with E-state index < -0.39 is 9.84 Å². The first kappa shape index (κ1) is 15.7. The lowest BCUT2D eigenvalue weighted by Gasteiger charge is -2.10. The Morgan fingerprint density at radius 1 is 1.16 bits per heavy atom. The molecule has 5 heteroatoms. The van der Waals surface area contributed by atoms with E-state index >= 15 is 0 Å². The Balaban J connectivity index is 2.71. The fourth-order valence-corrected chi connectivity index (χ4v) is 3.05. The van der Waals surface area contributed by atoms with Crippen molar-refractivity contribution in [2.24, 2.45) is 0 Å². The molecule has 0 unspecified atom stereocenters. The van der Waals surface area contributed by atoms with E-state index in [4.69, 9.17) is 0 Å². The average molecular weight is 283 g/mol. The third-order valence-corrected chi connectivity index (χ3v) is 4.94. The molecule has 1 rings (SSSR count). The highest BCUT2D eigenvalue weighted by atomic mass is 32.2. The van der Waals surface area contributed by atoms with E-state index in [0.29, 0.717) is 11.3 Å². The number of carbonyl (C=O) groups excluding carboxylic acids is 1. The van der Waals surface area contributed by atoms with Crippen LogP contribution < -0.4 is 0 Å². The van der Waals surface area contributed by atoms with Crippen LogP contribution in [-0.4, -0.2) is 39.1 Å². The molecule has 0 aliphatic heterocycles. The van der Waals surface area contributed by atoms with Gasteiger partial charge in [0.15, 0.2) is 9.84 Å². The third kappa shape index (κ3) is 4.35. The summed E-state index contributed by atoms with van der Waals surface area (Å²) in [7, 11) is 0.0420. The Morgan fingerprint density at radius 2 is 1.79 bits per heavy atom. The molecule has 0 aliphatic rings. The molecule has 0 saturated carbocycles. The average Bonchev–Trinajstić information content (AvgIpc) is 2.32. The second-order valence-corrected chi connectivity index (χ2v) is 7.07. The maximum Gasteiger partial charge on any atom is 0.222 e. The van der Waals surface area contributed by atoms with Crippen LogP contribution in [0.5, 0.6) is 0 Å². The Labute approximate surface area is 115 Å². The zero-order chi connectivity index (χ0) is 14.6. The quantitative estimate of drug-likeness (QED) is 0.830. The van der Waals surface area contributed by atoms with E-state index in [1.54, 1.807) is 26.2 Å². The molecular weight excluding hydrogens is 262 g/mol. The van der Waals surface area contributed by atoms with Crippen LogP contribution in [0.4, 0.5) is 0 Å². The minimum Gasteiger partial charge on any atom is -0.349 e. The smallest absolute Gasteiger partial charge is 0.222 e. The molecule has 0 aliphatic carbocycles. The maximum absolute atomic E-state index is 12.1. The Bertz CT molecular complexity index is 562. The van der Waals surface area contributed by atoms with Gasteiger partial charge in [0.1, 0.15) is 0 Å². The Kier molecular flexibility index (Phi) is 5.11. The topological polar surface area (TPSA) is 54.5 Å². The van der Waals surface area contributed by atoms with E-state index in [1.165, 1.54) is 4.90 Å². The first-order chi connectivity index (χ1) is 8.74. The summed E-state index contributed by atoms with van der Waals surface area (Å²) in [5.41, 5.74) is 2.03. The third-order valence-electron chi connectivity index (χ3n) is 3.14. The van der Waals surface area contributed by atoms with E-state index in [1.807, 2.05) is 19.9 Å². The van der Waals surface area contributed by atoms with Crippen molar-refractivity contribution in [3.05, 3.63) is 29.3 Å². The fourth-order valence-electron chi connectivity index (χ4n) is 1.66. The van der Waals surface area contributed by atoms with Crippen LogP contribution in [0.2, 0.25) is 0 Å². The van der Waals surface area contributed by atoms with Gasteiger partial charge in [-0.2, -0.15) is 0 Å². The number of carbonyl (C=O) groups is 1. The summed E-state index contributed by atoms with van der Waals surface area (Å²) in [6.45, 7) is 3.84. The maximum atomic E-state index is 12.1. The molecule has 0 spiro atoms. The number of hydrogen-bond acceptors (Lipinski definition) is 3. The molecule has 106 valence electrons. The largest absolute Gasteiger partial charge is 0.349 e. The Hall–Kier alpha value is -1.36. The lowest BCUT2D eigenvalue weighted by atomic mass is 10.1. The van der Waals surface area contributed by atoms with Crippen LogP contribution >= 0.6 is 0 Å². The number of hydrogen-bond donors (Lipinski definition) is 0. The van der Waals surface area contributed by atoms with Crippen LogP contribution in [0.25, 0.3) is 0 Å². The van der Waals surface area contributed by atoms with Gasteiger partial charge in [-0.15, -0.1) is 0 Å². The predicted molar refractivity (Wildman–Crippen MR) is 75.9 cm³/mol. The van der Waals surface area contributed by atoms with E-state index in [-0.39, 0.29) is 18.1 Å². The SMILES string of the molecule is Cc1ccc(S(=O)(=O)CCCC(=O)N(C)C)cc1C. The number of aryl methyl sites for hydroxylation is 2. The highest BCUT2D eigenvalue weighted by Crippen LogP contribution is 2.17. The van der Waals surface area contributed by atoms with Crippen molar-refractivity contribution in [3.8, 4) is 0 Å². The first-order valence-corrected chi connectivity index (χ1v) is 7.89. The van der Waals surface area contributed by atoms with Crippen LogP contribution in [0.1, 0.15) is 24.0 Å². The summed E-state index contributed by atoms with van der Waals surface area (Å²) >= 11 is 0. The molecule has 0 bridgehead atoms. The van der Waals surface area contributed by atoms with Gasteiger partial charge in [-0.3, -0.25) is 4.79 Å². The second kappa shape index (κ2) is 6.19. The van der Waals surface area contributed by atoms with Crippen LogP contribution in [-0.2, 0) is 14.6 Å². The van der Waals surface area contributed by atoms with E-state index in [9.17, 15) is 13.2 Å². The molecule has 1 amide bonds. The molecule has 0 heterocycles. The van der Waals surface area contributed by atoms with Gasteiger partial charge in [0.2, 0.25) is 5.91 Å². The van der Waals surface area contributed by atoms with Gasteiger partial charge in [0.25, 0.3) is 0 Å². The van der Waals surface area contributed by atoms with Crippen molar-refractivity contribution < 1.29 is 13.2 Å². The summed E-state index contributed by atoms with van der Waals surface area (Å²) in [6, 6.07) is 5.14. The van der Waals surface area contributed by atoms with Gasteiger partial charge in [-0.25, -0.2) is 8.42 Å². The number of sulfone groups is 1. The molecule has 1 aromatic rings. The fraction of sp³-hybridized carbons (Fsp3) is 0.500. The molecule has 0 aromatic heterocycles. The van der Waals surface area contributed by atoms with Crippen LogP contribution in [0.15, 0.2) is 23.1 Å². The zero-order valence-electron chi connectivity index (χ0n) is 11.9.